The minimum Gasteiger partial charge on any atom is -0.387 e. The van der Waals surface area contributed by atoms with E-state index in [1.165, 1.54) is 5.56 Å². The zero-order chi connectivity index (χ0) is 13.1. The summed E-state index contributed by atoms with van der Waals surface area (Å²) in [6.45, 7) is 1.48. The van der Waals surface area contributed by atoms with E-state index in [0.29, 0.717) is 0 Å². The number of rotatable bonds is 4. The highest BCUT2D eigenvalue weighted by molar-refractivity contribution is 5.24. The number of hydrogen-bond donors (Lipinski definition) is 2. The molecular weight excluding hydrogens is 174 g/mol. The lowest BCUT2D eigenvalue weighted by molar-refractivity contribution is 0.140. The van der Waals surface area contributed by atoms with E-state index in [1.54, 1.807) is 6.92 Å². The van der Waals surface area contributed by atoms with Gasteiger partial charge in [0.1, 0.15) is 0 Å². The molecule has 1 aromatic rings. The van der Waals surface area contributed by atoms with Gasteiger partial charge in [0.15, 0.2) is 0 Å². The number of aryl methyl sites for hydroxylation is 1. The standard InChI is InChI=1S/C12H19NO/c1-4-10-5-7-11(8-6-10)12(14)9(2)13-3/h5-9,12-14H,4H2,1-3H3/i3D3. The van der Waals surface area contributed by atoms with Crippen LogP contribution in [0.1, 0.15) is 35.2 Å². The van der Waals surface area contributed by atoms with E-state index < -0.39 is 19.1 Å². The van der Waals surface area contributed by atoms with Gasteiger partial charge in [-0.25, -0.2) is 0 Å². The Labute approximate surface area is 90.2 Å². The van der Waals surface area contributed by atoms with E-state index in [2.05, 4.69) is 12.2 Å². The van der Waals surface area contributed by atoms with Crippen LogP contribution < -0.4 is 5.32 Å². The molecule has 0 saturated carbocycles. The van der Waals surface area contributed by atoms with E-state index in [4.69, 9.17) is 4.11 Å². The third-order valence-corrected chi connectivity index (χ3v) is 2.43. The molecule has 2 atom stereocenters. The van der Waals surface area contributed by atoms with Gasteiger partial charge in [-0.2, -0.15) is 0 Å². The summed E-state index contributed by atoms with van der Waals surface area (Å²) in [6.07, 6.45) is 0.126. The Morgan fingerprint density at radius 2 is 2.07 bits per heavy atom. The average molecular weight is 196 g/mol. The predicted octanol–water partition coefficient (Wildman–Crippen LogP) is 1.89. The molecule has 14 heavy (non-hydrogen) atoms. The number of likely N-dealkylation sites (N-methyl/N-ethyl adjacent to an activating group) is 1. The minimum atomic E-state index is -2.23. The van der Waals surface area contributed by atoms with Crippen molar-refractivity contribution in [1.29, 1.82) is 0 Å². The maximum atomic E-state index is 10.0. The third kappa shape index (κ3) is 2.56. The summed E-state index contributed by atoms with van der Waals surface area (Å²) < 4.78 is 21.3. The maximum Gasteiger partial charge on any atom is 0.0940 e. The Morgan fingerprint density at radius 1 is 1.43 bits per heavy atom. The van der Waals surface area contributed by atoms with Gasteiger partial charge in [-0.15, -0.1) is 0 Å². The molecule has 0 spiro atoms. The van der Waals surface area contributed by atoms with Crippen molar-refractivity contribution in [2.75, 3.05) is 6.98 Å². The van der Waals surface area contributed by atoms with Gasteiger partial charge in [0, 0.05) is 10.2 Å². The number of nitrogens with one attached hydrogen (secondary N) is 1. The van der Waals surface area contributed by atoms with Gasteiger partial charge >= 0.3 is 0 Å². The molecule has 2 unspecified atom stereocenters. The van der Waals surface area contributed by atoms with Crippen LogP contribution in [0, 0.1) is 0 Å². The highest BCUT2D eigenvalue weighted by atomic mass is 16.3. The third-order valence-electron chi connectivity index (χ3n) is 2.43. The second-order valence-corrected chi connectivity index (χ2v) is 3.47. The number of benzene rings is 1. The first-order valence-electron chi connectivity index (χ1n) is 6.38. The van der Waals surface area contributed by atoms with Crippen molar-refractivity contribution >= 4 is 0 Å². The Morgan fingerprint density at radius 3 is 2.57 bits per heavy atom. The fourth-order valence-corrected chi connectivity index (χ4v) is 1.32. The van der Waals surface area contributed by atoms with Crippen molar-refractivity contribution in [3.8, 4) is 0 Å². The fourth-order valence-electron chi connectivity index (χ4n) is 1.32. The molecule has 1 rings (SSSR count). The first kappa shape index (κ1) is 7.43. The molecule has 0 amide bonds. The van der Waals surface area contributed by atoms with E-state index in [1.807, 2.05) is 24.3 Å². The lowest BCUT2D eigenvalue weighted by Gasteiger charge is -2.18. The second-order valence-electron chi connectivity index (χ2n) is 3.47. The molecule has 2 nitrogen and oxygen atoms in total. The smallest absolute Gasteiger partial charge is 0.0940 e. The molecule has 0 aliphatic heterocycles. The van der Waals surface area contributed by atoms with Gasteiger partial charge in [-0.3, -0.25) is 0 Å². The van der Waals surface area contributed by atoms with Gasteiger partial charge in [0.25, 0.3) is 0 Å². The van der Waals surface area contributed by atoms with Gasteiger partial charge in [0.05, 0.1) is 6.10 Å². The quantitative estimate of drug-likeness (QED) is 0.770. The molecule has 78 valence electrons. The molecule has 0 bridgehead atoms. The Bertz CT molecular complexity index is 348. The molecule has 2 heteroatoms. The van der Waals surface area contributed by atoms with Crippen molar-refractivity contribution in [2.45, 2.75) is 32.4 Å². The van der Waals surface area contributed by atoms with Gasteiger partial charge in [-0.1, -0.05) is 31.2 Å². The van der Waals surface area contributed by atoms with Crippen LogP contribution >= 0.6 is 0 Å². The summed E-state index contributed by atoms with van der Waals surface area (Å²) in [7, 11) is 0. The molecular formula is C12H19NO. The molecule has 0 aliphatic carbocycles. The summed E-state index contributed by atoms with van der Waals surface area (Å²) in [5.41, 5.74) is 1.92. The van der Waals surface area contributed by atoms with E-state index in [-0.39, 0.29) is 0 Å². The second kappa shape index (κ2) is 5.13. The Balaban J connectivity index is 2.71. The molecule has 2 N–H and O–H groups in total. The minimum absolute atomic E-state index is 0.519. The van der Waals surface area contributed by atoms with Crippen molar-refractivity contribution in [3.05, 3.63) is 35.4 Å². The summed E-state index contributed by atoms with van der Waals surface area (Å²) in [4.78, 5) is 0. The lowest BCUT2D eigenvalue weighted by Crippen LogP contribution is -2.28. The van der Waals surface area contributed by atoms with Crippen LogP contribution in [0.25, 0.3) is 0 Å². The van der Waals surface area contributed by atoms with E-state index in [0.717, 1.165) is 12.0 Å². The molecule has 0 aromatic heterocycles. The summed E-state index contributed by atoms with van der Waals surface area (Å²) in [5.74, 6) is 0. The number of aliphatic hydroxyl groups excluding tert-OH is 1. The molecule has 0 fully saturated rings. The van der Waals surface area contributed by atoms with Crippen LogP contribution in [0.5, 0.6) is 0 Å². The summed E-state index contributed by atoms with van der Waals surface area (Å²) in [5, 5.41) is 12.4. The Hall–Kier alpha value is -0.860. The summed E-state index contributed by atoms with van der Waals surface area (Å²) in [6, 6.07) is 7.04. The van der Waals surface area contributed by atoms with Gasteiger partial charge in [-0.05, 0) is 31.4 Å². The molecule has 0 saturated heterocycles. The number of hydrogen-bond acceptors (Lipinski definition) is 2. The zero-order valence-electron chi connectivity index (χ0n) is 11.6. The average Bonchev–Trinajstić information content (AvgIpc) is 2.26. The Kier molecular flexibility index (Phi) is 2.72. The van der Waals surface area contributed by atoms with Crippen LogP contribution in [-0.2, 0) is 6.42 Å². The van der Waals surface area contributed by atoms with Crippen LogP contribution in [0.15, 0.2) is 24.3 Å². The van der Waals surface area contributed by atoms with Crippen LogP contribution in [0.2, 0.25) is 0 Å². The monoisotopic (exact) mass is 196 g/mol. The lowest BCUT2D eigenvalue weighted by atomic mass is 10.0. The van der Waals surface area contributed by atoms with E-state index >= 15 is 0 Å². The van der Waals surface area contributed by atoms with Crippen LogP contribution in [0.3, 0.4) is 0 Å². The highest BCUT2D eigenvalue weighted by Crippen LogP contribution is 2.17. The molecule has 1 aromatic carbocycles. The first-order chi connectivity index (χ1) is 7.83. The summed E-state index contributed by atoms with van der Waals surface area (Å²) >= 11 is 0. The molecule has 0 aliphatic rings. The first-order valence-corrected chi connectivity index (χ1v) is 4.88. The van der Waals surface area contributed by atoms with E-state index in [9.17, 15) is 5.11 Å². The van der Waals surface area contributed by atoms with Gasteiger partial charge in [0.2, 0.25) is 0 Å². The van der Waals surface area contributed by atoms with Crippen LogP contribution in [0.4, 0.5) is 0 Å². The molecule has 0 radical (unpaired) electrons. The topological polar surface area (TPSA) is 32.3 Å². The molecule has 0 heterocycles. The van der Waals surface area contributed by atoms with Crippen LogP contribution in [-0.4, -0.2) is 18.1 Å². The SMILES string of the molecule is [2H]C([2H])([2H])NC(C)C(O)c1ccc(CC)cc1. The maximum absolute atomic E-state index is 10.0. The largest absolute Gasteiger partial charge is 0.387 e. The van der Waals surface area contributed by atoms with Gasteiger partial charge < -0.3 is 10.4 Å². The zero-order valence-corrected chi connectivity index (χ0v) is 8.62. The number of aliphatic hydroxyl groups is 1. The van der Waals surface area contributed by atoms with Crippen molar-refractivity contribution in [1.82, 2.24) is 5.32 Å². The fraction of sp³-hybridized carbons (Fsp3) is 0.500. The highest BCUT2D eigenvalue weighted by Gasteiger charge is 2.13. The predicted molar refractivity (Wildman–Crippen MR) is 59.3 cm³/mol. The van der Waals surface area contributed by atoms with Crippen molar-refractivity contribution in [2.24, 2.45) is 0 Å². The normalized spacial score (nSPS) is 19.2. The van der Waals surface area contributed by atoms with Crippen molar-refractivity contribution in [3.63, 3.8) is 0 Å². The van der Waals surface area contributed by atoms with Crippen molar-refractivity contribution < 1.29 is 9.22 Å².